The average Bonchev–Trinajstić information content (AvgIpc) is 1.30. The Hall–Kier alpha value is 1.41. The molecule has 0 aromatic heterocycles. The maximum atomic E-state index is 5.10. The first-order valence-corrected chi connectivity index (χ1v) is 5.63. The molecule has 4 heteroatoms. The van der Waals surface area contributed by atoms with Crippen LogP contribution in [-0.4, -0.2) is 7.11 Å². The monoisotopic (exact) mass is 340 g/mol. The molecule has 0 aromatic rings. The normalized spacial score (nSPS) is 8.89. The van der Waals surface area contributed by atoms with Gasteiger partial charge in [0.25, 0.3) is 0 Å². The summed E-state index contributed by atoms with van der Waals surface area (Å²) in [4.78, 5) is 0. The first-order chi connectivity index (χ1) is 3.06. The molecule has 1 nitrogen and oxygen atoms in total. The van der Waals surface area contributed by atoms with Gasteiger partial charge in [-0.05, 0) is 0 Å². The zero-order chi connectivity index (χ0) is 5.91. The third kappa shape index (κ3) is 17.7. The SMILES string of the molecule is C[O][Hf][C](C)(C)C.Cl.Cl. The molecule has 0 radical (unpaired) electrons. The standard InChI is InChI=1S/C4H9.CH3O.2ClH.Hf/c1-4(2)3;1-2;;;/h1-3H3;1H3;2*1H;/q;-1;;;+1. The fourth-order valence-corrected chi connectivity index (χ4v) is 2.51. The Bertz CT molecular complexity index is 53.4. The molecule has 9 heavy (non-hydrogen) atoms. The molecule has 0 amide bonds. The minimum atomic E-state index is -0.672. The second kappa shape index (κ2) is 7.52. The van der Waals surface area contributed by atoms with Crippen LogP contribution in [0.2, 0.25) is 3.17 Å². The van der Waals surface area contributed by atoms with Gasteiger partial charge in [-0.1, -0.05) is 0 Å². The van der Waals surface area contributed by atoms with Crippen LogP contribution in [-0.2, 0) is 26.2 Å². The van der Waals surface area contributed by atoms with Crippen LogP contribution in [0, 0.1) is 0 Å². The summed E-state index contributed by atoms with van der Waals surface area (Å²) in [6, 6.07) is 0. The molecule has 0 saturated carbocycles. The van der Waals surface area contributed by atoms with Crippen LogP contribution in [0.1, 0.15) is 20.8 Å². The first kappa shape index (κ1) is 16.8. The Labute approximate surface area is 81.7 Å². The molecule has 0 unspecified atom stereocenters. The summed E-state index contributed by atoms with van der Waals surface area (Å²) in [6.07, 6.45) is 0. The molecular weight excluding hydrogens is 325 g/mol. The van der Waals surface area contributed by atoms with Crippen molar-refractivity contribution in [1.82, 2.24) is 0 Å². The van der Waals surface area contributed by atoms with E-state index in [0.29, 0.717) is 3.17 Å². The van der Waals surface area contributed by atoms with Crippen molar-refractivity contribution in [2.75, 3.05) is 7.11 Å². The topological polar surface area (TPSA) is 9.23 Å². The summed E-state index contributed by atoms with van der Waals surface area (Å²) in [5.41, 5.74) is 0. The van der Waals surface area contributed by atoms with Crippen molar-refractivity contribution in [2.45, 2.75) is 23.9 Å². The van der Waals surface area contributed by atoms with Gasteiger partial charge in [0.15, 0.2) is 0 Å². The summed E-state index contributed by atoms with van der Waals surface area (Å²) in [5.74, 6) is 0. The molecule has 0 saturated heterocycles. The van der Waals surface area contributed by atoms with Crippen molar-refractivity contribution in [1.29, 1.82) is 0 Å². The molecule has 0 N–H and O–H groups in total. The van der Waals surface area contributed by atoms with E-state index in [-0.39, 0.29) is 24.8 Å². The molecule has 0 aromatic carbocycles. The van der Waals surface area contributed by atoms with Gasteiger partial charge in [0.1, 0.15) is 0 Å². The minimum Gasteiger partial charge on any atom is -0.147 e. The average molecular weight is 340 g/mol. The maximum Gasteiger partial charge on any atom is -0.147 e. The number of rotatable bonds is 1. The van der Waals surface area contributed by atoms with Crippen LogP contribution in [0.5, 0.6) is 0 Å². The van der Waals surface area contributed by atoms with Crippen LogP contribution in [0.25, 0.3) is 0 Å². The zero-order valence-electron chi connectivity index (χ0n) is 6.22. The Morgan fingerprint density at radius 2 is 1.44 bits per heavy atom. The Morgan fingerprint density at radius 1 is 1.11 bits per heavy atom. The molecule has 0 bridgehead atoms. The van der Waals surface area contributed by atoms with Gasteiger partial charge in [0, 0.05) is 0 Å². The Balaban J connectivity index is -0.000000180. The Kier molecular flexibility index (Phi) is 14.0. The molecule has 0 aliphatic rings. The van der Waals surface area contributed by atoms with Crippen molar-refractivity contribution in [3.8, 4) is 0 Å². The van der Waals surface area contributed by atoms with E-state index in [1.165, 1.54) is 0 Å². The van der Waals surface area contributed by atoms with Crippen LogP contribution >= 0.6 is 24.8 Å². The van der Waals surface area contributed by atoms with E-state index in [4.69, 9.17) is 2.85 Å². The fraction of sp³-hybridized carbons (Fsp3) is 1.00. The predicted octanol–water partition coefficient (Wildman–Crippen LogP) is 2.69. The van der Waals surface area contributed by atoms with E-state index in [1.54, 1.807) is 0 Å². The summed E-state index contributed by atoms with van der Waals surface area (Å²) in [5, 5.41) is 0. The fourth-order valence-electron chi connectivity index (χ4n) is 0.306. The number of halogens is 2. The minimum absolute atomic E-state index is 0. The third-order valence-electron chi connectivity index (χ3n) is 0.408. The second-order valence-corrected chi connectivity index (χ2v) is 10.1. The summed E-state index contributed by atoms with van der Waals surface area (Å²) in [7, 11) is 1.81. The van der Waals surface area contributed by atoms with Gasteiger partial charge in [-0.15, -0.1) is 24.8 Å². The van der Waals surface area contributed by atoms with Gasteiger partial charge in [0.2, 0.25) is 0 Å². The molecule has 0 heterocycles. The number of hydrogen-bond acceptors (Lipinski definition) is 1. The third-order valence-corrected chi connectivity index (χ3v) is 3.34. The van der Waals surface area contributed by atoms with Gasteiger partial charge in [0.05, 0.1) is 0 Å². The molecule has 0 aliphatic heterocycles. The van der Waals surface area contributed by atoms with Gasteiger partial charge in [-0.25, -0.2) is 0 Å². The second-order valence-electron chi connectivity index (χ2n) is 2.56. The zero-order valence-corrected chi connectivity index (χ0v) is 11.5. The molecule has 0 spiro atoms. The Morgan fingerprint density at radius 3 is 1.44 bits per heavy atom. The first-order valence-electron chi connectivity index (χ1n) is 2.36. The van der Waals surface area contributed by atoms with E-state index < -0.39 is 23.3 Å². The van der Waals surface area contributed by atoms with E-state index in [9.17, 15) is 0 Å². The smallest absolute Gasteiger partial charge is 0.147 e. The molecule has 58 valence electrons. The van der Waals surface area contributed by atoms with Gasteiger partial charge < -0.3 is 0 Å². The van der Waals surface area contributed by atoms with Crippen molar-refractivity contribution in [3.63, 3.8) is 0 Å². The van der Waals surface area contributed by atoms with Gasteiger partial charge in [-0.2, -0.15) is 0 Å². The van der Waals surface area contributed by atoms with Crippen molar-refractivity contribution >= 4 is 24.8 Å². The summed E-state index contributed by atoms with van der Waals surface area (Å²) >= 11 is -0.672. The predicted molar refractivity (Wildman–Crippen MR) is 41.2 cm³/mol. The largest absolute Gasteiger partial charge is 0.147 e. The molecule has 0 atom stereocenters. The van der Waals surface area contributed by atoms with Crippen molar-refractivity contribution < 1.29 is 26.2 Å². The summed E-state index contributed by atoms with van der Waals surface area (Å²) < 4.78 is 5.62. The molecule has 0 fully saturated rings. The molecule has 0 rings (SSSR count). The van der Waals surface area contributed by atoms with Crippen LogP contribution < -0.4 is 0 Å². The molecule has 0 aliphatic carbocycles. The van der Waals surface area contributed by atoms with Crippen molar-refractivity contribution in [2.24, 2.45) is 0 Å². The van der Waals surface area contributed by atoms with Crippen LogP contribution in [0.3, 0.4) is 0 Å². The number of hydrogen-bond donors (Lipinski definition) is 0. The maximum absolute atomic E-state index is 5.10. The van der Waals surface area contributed by atoms with Crippen LogP contribution in [0.15, 0.2) is 0 Å². The van der Waals surface area contributed by atoms with Gasteiger partial charge >= 0.3 is 57.2 Å². The van der Waals surface area contributed by atoms with E-state index in [2.05, 4.69) is 20.8 Å². The van der Waals surface area contributed by atoms with Crippen LogP contribution in [0.4, 0.5) is 0 Å². The van der Waals surface area contributed by atoms with E-state index >= 15 is 0 Å². The van der Waals surface area contributed by atoms with E-state index in [1.807, 2.05) is 7.11 Å². The quantitative estimate of drug-likeness (QED) is 0.668. The van der Waals surface area contributed by atoms with Crippen molar-refractivity contribution in [3.05, 3.63) is 0 Å². The van der Waals surface area contributed by atoms with Gasteiger partial charge in [-0.3, -0.25) is 0 Å². The molecular formula is C5H14Cl2HfO. The van der Waals surface area contributed by atoms with E-state index in [0.717, 1.165) is 0 Å². The summed E-state index contributed by atoms with van der Waals surface area (Å²) in [6.45, 7) is 6.71.